The lowest BCUT2D eigenvalue weighted by Gasteiger charge is -2.15. The van der Waals surface area contributed by atoms with Gasteiger partial charge in [-0.2, -0.15) is 0 Å². The highest BCUT2D eigenvalue weighted by Crippen LogP contribution is 2.11. The molecule has 0 aliphatic heterocycles. The first-order valence-corrected chi connectivity index (χ1v) is 18.5. The molecule has 0 spiro atoms. The lowest BCUT2D eigenvalue weighted by atomic mass is 10.1. The third-order valence-corrected chi connectivity index (χ3v) is 7.48. The monoisotopic (exact) mass is 641 g/mol. The summed E-state index contributed by atoms with van der Waals surface area (Å²) in [5.74, 6) is -0.656. The molecule has 0 bridgehead atoms. The van der Waals surface area contributed by atoms with Crippen molar-refractivity contribution in [2.45, 2.75) is 161 Å². The van der Waals surface area contributed by atoms with Crippen LogP contribution in [0.4, 0.5) is 0 Å². The maximum atomic E-state index is 12.1. The molecular weight excluding hydrogens is 572 g/mol. The number of allylic oxidation sites excluding steroid dienone is 12. The second-order valence-corrected chi connectivity index (χ2v) is 11.9. The molecule has 0 amide bonds. The quantitative estimate of drug-likeness (QED) is 0.0450. The molecule has 0 aromatic heterocycles. The normalized spacial score (nSPS) is 13.0. The van der Waals surface area contributed by atoms with E-state index in [0.29, 0.717) is 12.8 Å². The molecule has 0 radical (unpaired) electrons. The van der Waals surface area contributed by atoms with Gasteiger partial charge in [0.15, 0.2) is 6.10 Å². The van der Waals surface area contributed by atoms with Gasteiger partial charge in [0.2, 0.25) is 0 Å². The molecule has 0 aromatic carbocycles. The summed E-state index contributed by atoms with van der Waals surface area (Å²) in [4.78, 5) is 24.2. The predicted octanol–water partition coefficient (Wildman–Crippen LogP) is 11.4. The zero-order valence-corrected chi connectivity index (χ0v) is 29.6. The number of hydrogen-bond donors (Lipinski definition) is 1. The molecule has 5 heteroatoms. The number of aliphatic hydroxyl groups is 1. The van der Waals surface area contributed by atoms with Gasteiger partial charge in [-0.3, -0.25) is 9.59 Å². The van der Waals surface area contributed by atoms with Gasteiger partial charge in [-0.05, 0) is 83.5 Å². The summed E-state index contributed by atoms with van der Waals surface area (Å²) in [5, 5.41) is 9.53. The molecule has 0 heterocycles. The highest BCUT2D eigenvalue weighted by atomic mass is 16.6. The Morgan fingerprint density at radius 3 is 1.46 bits per heavy atom. The summed E-state index contributed by atoms with van der Waals surface area (Å²) in [6, 6.07) is 0. The van der Waals surface area contributed by atoms with Crippen molar-refractivity contribution in [3.05, 3.63) is 72.9 Å². The second kappa shape index (κ2) is 36.8. The predicted molar refractivity (Wildman–Crippen MR) is 196 cm³/mol. The number of carbonyl (C=O) groups excluding carboxylic acids is 2. The lowest BCUT2D eigenvalue weighted by molar-refractivity contribution is -0.161. The minimum Gasteiger partial charge on any atom is -0.462 e. The van der Waals surface area contributed by atoms with Gasteiger partial charge in [-0.1, -0.05) is 132 Å². The Morgan fingerprint density at radius 1 is 0.522 bits per heavy atom. The second-order valence-electron chi connectivity index (χ2n) is 11.9. The van der Waals surface area contributed by atoms with Crippen LogP contribution in [-0.2, 0) is 19.1 Å². The Balaban J connectivity index is 3.67. The molecule has 0 aliphatic rings. The van der Waals surface area contributed by atoms with Crippen LogP contribution in [0.3, 0.4) is 0 Å². The number of hydrogen-bond acceptors (Lipinski definition) is 5. The van der Waals surface area contributed by atoms with Crippen molar-refractivity contribution in [1.29, 1.82) is 0 Å². The van der Waals surface area contributed by atoms with Crippen LogP contribution in [0.25, 0.3) is 0 Å². The van der Waals surface area contributed by atoms with Crippen LogP contribution in [0.5, 0.6) is 0 Å². The largest absolute Gasteiger partial charge is 0.462 e. The van der Waals surface area contributed by atoms with Gasteiger partial charge in [-0.15, -0.1) is 0 Å². The minimum absolute atomic E-state index is 0.0906. The standard InChI is InChI=1S/C41H68O5/c1-3-5-7-9-11-13-15-17-19-20-22-23-25-27-29-31-33-35-40(43)45-38-39(37-42)46-41(44)36-34-32-30-28-26-24-21-18-16-14-12-10-8-6-4-2/h6,8,11-14,17-19,21,26,28,39,42H,3-5,7,9-10,15-16,20,22-25,27,29-38H2,1-2H3. The van der Waals surface area contributed by atoms with Crippen LogP contribution in [0.1, 0.15) is 155 Å². The van der Waals surface area contributed by atoms with Crippen LogP contribution >= 0.6 is 0 Å². The summed E-state index contributed by atoms with van der Waals surface area (Å²) in [6.45, 7) is 3.93. The third kappa shape index (κ3) is 34.2. The van der Waals surface area contributed by atoms with Crippen LogP contribution in [0.2, 0.25) is 0 Å². The average Bonchev–Trinajstić information content (AvgIpc) is 3.06. The molecule has 5 nitrogen and oxygen atoms in total. The average molecular weight is 641 g/mol. The number of rotatable bonds is 32. The summed E-state index contributed by atoms with van der Waals surface area (Å²) in [5.41, 5.74) is 0. The van der Waals surface area contributed by atoms with Crippen LogP contribution < -0.4 is 0 Å². The smallest absolute Gasteiger partial charge is 0.306 e. The van der Waals surface area contributed by atoms with Crippen LogP contribution in [0, 0.1) is 0 Å². The Hall–Kier alpha value is -2.66. The first-order chi connectivity index (χ1) is 22.6. The summed E-state index contributed by atoms with van der Waals surface area (Å²) in [7, 11) is 0. The van der Waals surface area contributed by atoms with Crippen molar-refractivity contribution >= 4 is 11.9 Å². The molecule has 0 fully saturated rings. The molecule has 0 aromatic rings. The molecule has 0 rings (SSSR count). The summed E-state index contributed by atoms with van der Waals surface area (Å²) in [6.07, 6.45) is 48.1. The topological polar surface area (TPSA) is 72.8 Å². The number of ether oxygens (including phenoxy) is 2. The van der Waals surface area contributed by atoms with Crippen molar-refractivity contribution in [2.75, 3.05) is 13.2 Å². The number of esters is 2. The molecule has 0 saturated carbocycles. The van der Waals surface area contributed by atoms with Gasteiger partial charge in [0.05, 0.1) is 6.61 Å². The minimum atomic E-state index is -0.798. The van der Waals surface area contributed by atoms with Crippen molar-refractivity contribution < 1.29 is 24.2 Å². The highest BCUT2D eigenvalue weighted by Gasteiger charge is 2.16. The summed E-state index contributed by atoms with van der Waals surface area (Å²) < 4.78 is 10.5. The fourth-order valence-corrected chi connectivity index (χ4v) is 4.69. The Morgan fingerprint density at radius 2 is 0.935 bits per heavy atom. The van der Waals surface area contributed by atoms with E-state index in [2.05, 4.69) is 86.8 Å². The number of aliphatic hydroxyl groups excluding tert-OH is 1. The highest BCUT2D eigenvalue weighted by molar-refractivity contribution is 5.70. The fraction of sp³-hybridized carbons (Fsp3) is 0.659. The van der Waals surface area contributed by atoms with E-state index in [1.807, 2.05) is 0 Å². The zero-order chi connectivity index (χ0) is 33.6. The molecule has 0 saturated heterocycles. The molecule has 1 N–H and O–H groups in total. The van der Waals surface area contributed by atoms with E-state index < -0.39 is 6.10 Å². The van der Waals surface area contributed by atoms with Gasteiger partial charge >= 0.3 is 11.9 Å². The van der Waals surface area contributed by atoms with Gasteiger partial charge in [-0.25, -0.2) is 0 Å². The number of carbonyl (C=O) groups is 2. The fourth-order valence-electron chi connectivity index (χ4n) is 4.69. The summed E-state index contributed by atoms with van der Waals surface area (Å²) >= 11 is 0. The molecule has 0 aliphatic carbocycles. The van der Waals surface area contributed by atoms with Crippen LogP contribution in [0.15, 0.2) is 72.9 Å². The van der Waals surface area contributed by atoms with E-state index in [0.717, 1.165) is 77.0 Å². The van der Waals surface area contributed by atoms with Gasteiger partial charge in [0, 0.05) is 12.8 Å². The molecule has 262 valence electrons. The van der Waals surface area contributed by atoms with Gasteiger partial charge < -0.3 is 14.6 Å². The maximum absolute atomic E-state index is 12.1. The Bertz CT molecular complexity index is 864. The third-order valence-electron chi connectivity index (χ3n) is 7.48. The van der Waals surface area contributed by atoms with Gasteiger partial charge in [0.25, 0.3) is 0 Å². The first-order valence-electron chi connectivity index (χ1n) is 18.5. The molecular formula is C41H68O5. The number of unbranched alkanes of at least 4 members (excludes halogenated alkanes) is 12. The van der Waals surface area contributed by atoms with Crippen LogP contribution in [-0.4, -0.2) is 36.4 Å². The van der Waals surface area contributed by atoms with Crippen molar-refractivity contribution in [2.24, 2.45) is 0 Å². The van der Waals surface area contributed by atoms with Crippen molar-refractivity contribution in [3.8, 4) is 0 Å². The van der Waals surface area contributed by atoms with E-state index in [1.54, 1.807) is 0 Å². The Labute approximate surface area is 283 Å². The first kappa shape index (κ1) is 43.3. The maximum Gasteiger partial charge on any atom is 0.306 e. The van der Waals surface area contributed by atoms with E-state index >= 15 is 0 Å². The lowest BCUT2D eigenvalue weighted by Crippen LogP contribution is -2.28. The van der Waals surface area contributed by atoms with E-state index in [-0.39, 0.29) is 25.2 Å². The van der Waals surface area contributed by atoms with Crippen molar-refractivity contribution in [3.63, 3.8) is 0 Å². The molecule has 1 unspecified atom stereocenters. The molecule has 1 atom stereocenters. The van der Waals surface area contributed by atoms with E-state index in [1.165, 1.54) is 51.4 Å². The SMILES string of the molecule is CCC=CCC=CCC=CCC=CCCCCC(=O)OC(CO)COC(=O)CCCCCCCCCC=CCC=CCCCCC. The van der Waals surface area contributed by atoms with Gasteiger partial charge in [0.1, 0.15) is 6.61 Å². The Kier molecular flexibility index (Phi) is 34.7. The van der Waals surface area contributed by atoms with E-state index in [4.69, 9.17) is 9.47 Å². The zero-order valence-electron chi connectivity index (χ0n) is 29.6. The van der Waals surface area contributed by atoms with E-state index in [9.17, 15) is 14.7 Å². The molecule has 46 heavy (non-hydrogen) atoms. The van der Waals surface area contributed by atoms with Crippen molar-refractivity contribution in [1.82, 2.24) is 0 Å².